The summed E-state index contributed by atoms with van der Waals surface area (Å²) in [6, 6.07) is 7.65. The summed E-state index contributed by atoms with van der Waals surface area (Å²) in [7, 11) is 1.54. The number of carbonyl (C=O) groups is 2. The number of benzene rings is 1. The number of rotatable bonds is 0. The first kappa shape index (κ1) is 12.8. The molecule has 0 radical (unpaired) electrons. The van der Waals surface area contributed by atoms with Crippen LogP contribution in [0.5, 0.6) is 0 Å². The normalized spacial score (nSPS) is 34.6. The SMILES string of the molecule is CN1C(=O)NC2(C1=O)c1ccccc1CC1CCOCC12. The molecule has 4 rings (SSSR count). The van der Waals surface area contributed by atoms with Gasteiger partial charge in [0.1, 0.15) is 0 Å². The molecule has 1 aromatic rings. The van der Waals surface area contributed by atoms with Crippen molar-refractivity contribution in [3.05, 3.63) is 35.4 Å². The summed E-state index contributed by atoms with van der Waals surface area (Å²) in [5.41, 5.74) is 1.18. The Morgan fingerprint density at radius 3 is 2.90 bits per heavy atom. The third-order valence-electron chi connectivity index (χ3n) is 5.23. The molecule has 1 aromatic carbocycles. The second kappa shape index (κ2) is 4.31. The molecule has 3 amide bonds. The maximum absolute atomic E-state index is 12.9. The van der Waals surface area contributed by atoms with Gasteiger partial charge >= 0.3 is 6.03 Å². The van der Waals surface area contributed by atoms with Crippen LogP contribution in [-0.4, -0.2) is 37.1 Å². The number of ether oxygens (including phenoxy) is 1. The van der Waals surface area contributed by atoms with E-state index >= 15 is 0 Å². The molecule has 1 N–H and O–H groups in total. The first-order valence-electron chi connectivity index (χ1n) is 7.41. The highest BCUT2D eigenvalue weighted by molar-refractivity contribution is 6.07. The minimum absolute atomic E-state index is 0.0162. The van der Waals surface area contributed by atoms with E-state index in [1.54, 1.807) is 7.05 Å². The lowest BCUT2D eigenvalue weighted by Crippen LogP contribution is -2.58. The topological polar surface area (TPSA) is 58.6 Å². The number of amides is 3. The van der Waals surface area contributed by atoms with Crippen LogP contribution in [0.2, 0.25) is 0 Å². The first-order valence-corrected chi connectivity index (χ1v) is 7.41. The van der Waals surface area contributed by atoms with Crippen LogP contribution in [0, 0.1) is 11.8 Å². The van der Waals surface area contributed by atoms with Crippen LogP contribution in [0.15, 0.2) is 24.3 Å². The minimum Gasteiger partial charge on any atom is -0.381 e. The zero-order valence-electron chi connectivity index (χ0n) is 12.0. The van der Waals surface area contributed by atoms with Gasteiger partial charge in [-0.1, -0.05) is 24.3 Å². The van der Waals surface area contributed by atoms with E-state index < -0.39 is 5.54 Å². The molecule has 2 heterocycles. The van der Waals surface area contributed by atoms with Gasteiger partial charge in [0.25, 0.3) is 5.91 Å². The minimum atomic E-state index is -0.939. The van der Waals surface area contributed by atoms with E-state index in [0.29, 0.717) is 12.5 Å². The van der Waals surface area contributed by atoms with Crippen LogP contribution in [0.25, 0.3) is 0 Å². The molecule has 5 nitrogen and oxygen atoms in total. The van der Waals surface area contributed by atoms with Crippen molar-refractivity contribution in [3.8, 4) is 0 Å². The van der Waals surface area contributed by atoms with Gasteiger partial charge < -0.3 is 10.1 Å². The van der Waals surface area contributed by atoms with Crippen molar-refractivity contribution >= 4 is 11.9 Å². The molecule has 2 fully saturated rings. The third kappa shape index (κ3) is 1.55. The number of fused-ring (bicyclic) bond motifs is 4. The second-order valence-corrected chi connectivity index (χ2v) is 6.19. The number of imide groups is 1. The van der Waals surface area contributed by atoms with Gasteiger partial charge in [0, 0.05) is 19.6 Å². The molecule has 3 atom stereocenters. The van der Waals surface area contributed by atoms with Gasteiger partial charge in [-0.15, -0.1) is 0 Å². The summed E-state index contributed by atoms with van der Waals surface area (Å²) in [4.78, 5) is 26.2. The average Bonchev–Trinajstić information content (AvgIpc) is 2.73. The quantitative estimate of drug-likeness (QED) is 0.731. The van der Waals surface area contributed by atoms with Crippen LogP contribution in [0.3, 0.4) is 0 Å². The van der Waals surface area contributed by atoms with E-state index in [-0.39, 0.29) is 17.9 Å². The van der Waals surface area contributed by atoms with E-state index in [0.717, 1.165) is 25.0 Å². The molecular formula is C16H18N2O3. The molecule has 1 aliphatic carbocycles. The highest BCUT2D eigenvalue weighted by Crippen LogP contribution is 2.48. The number of hydrogen-bond donors (Lipinski definition) is 1. The van der Waals surface area contributed by atoms with Gasteiger partial charge in [-0.25, -0.2) is 4.79 Å². The van der Waals surface area contributed by atoms with Crippen LogP contribution in [-0.2, 0) is 21.5 Å². The Morgan fingerprint density at radius 1 is 1.33 bits per heavy atom. The highest BCUT2D eigenvalue weighted by atomic mass is 16.5. The van der Waals surface area contributed by atoms with Crippen LogP contribution in [0.4, 0.5) is 4.79 Å². The molecule has 1 spiro atoms. The molecule has 0 saturated carbocycles. The van der Waals surface area contributed by atoms with E-state index in [1.807, 2.05) is 18.2 Å². The Morgan fingerprint density at radius 2 is 2.14 bits per heavy atom. The summed E-state index contributed by atoms with van der Waals surface area (Å²) in [6.45, 7) is 1.26. The zero-order valence-corrected chi connectivity index (χ0v) is 12.0. The average molecular weight is 286 g/mol. The Bertz CT molecular complexity index is 630. The Balaban J connectivity index is 1.93. The van der Waals surface area contributed by atoms with Crippen molar-refractivity contribution in [2.24, 2.45) is 11.8 Å². The van der Waals surface area contributed by atoms with Crippen molar-refractivity contribution in [2.45, 2.75) is 18.4 Å². The Kier molecular flexibility index (Phi) is 2.63. The Labute approximate surface area is 123 Å². The standard InChI is InChI=1S/C16H18N2O3/c1-18-14(19)16(17-15(18)20)12-5-3-2-4-10(12)8-11-6-7-21-9-13(11)16/h2-5,11,13H,6-9H2,1H3,(H,17,20). The van der Waals surface area contributed by atoms with Crippen molar-refractivity contribution in [3.63, 3.8) is 0 Å². The third-order valence-corrected chi connectivity index (χ3v) is 5.23. The summed E-state index contributed by atoms with van der Waals surface area (Å²) < 4.78 is 5.64. The summed E-state index contributed by atoms with van der Waals surface area (Å²) in [6.07, 6.45) is 1.90. The zero-order chi connectivity index (χ0) is 14.6. The van der Waals surface area contributed by atoms with Crippen LogP contribution >= 0.6 is 0 Å². The van der Waals surface area contributed by atoms with Gasteiger partial charge in [0.15, 0.2) is 5.54 Å². The largest absolute Gasteiger partial charge is 0.381 e. The summed E-state index contributed by atoms with van der Waals surface area (Å²) in [5, 5.41) is 2.98. The van der Waals surface area contributed by atoms with E-state index in [4.69, 9.17) is 4.74 Å². The molecule has 2 saturated heterocycles. The predicted octanol–water partition coefficient (Wildman–Crippen LogP) is 1.27. The van der Waals surface area contributed by atoms with E-state index in [9.17, 15) is 9.59 Å². The van der Waals surface area contributed by atoms with E-state index in [1.165, 1.54) is 10.5 Å². The smallest absolute Gasteiger partial charge is 0.325 e. The van der Waals surface area contributed by atoms with Crippen molar-refractivity contribution in [1.82, 2.24) is 10.2 Å². The van der Waals surface area contributed by atoms with Gasteiger partial charge in [0.05, 0.1) is 6.61 Å². The number of hydrogen-bond acceptors (Lipinski definition) is 3. The van der Waals surface area contributed by atoms with Crippen LogP contribution < -0.4 is 5.32 Å². The van der Waals surface area contributed by atoms with Crippen molar-refractivity contribution in [1.29, 1.82) is 0 Å². The predicted molar refractivity (Wildman–Crippen MR) is 75.5 cm³/mol. The fourth-order valence-electron chi connectivity index (χ4n) is 4.17. The number of urea groups is 1. The lowest BCUT2D eigenvalue weighted by molar-refractivity contribution is -0.138. The summed E-state index contributed by atoms with van der Waals surface area (Å²) in [5.74, 6) is 0.243. The molecular weight excluding hydrogens is 268 g/mol. The fourth-order valence-corrected chi connectivity index (χ4v) is 4.17. The molecule has 0 aromatic heterocycles. The molecule has 3 aliphatic rings. The fraction of sp³-hybridized carbons (Fsp3) is 0.500. The number of nitrogens with one attached hydrogen (secondary N) is 1. The maximum Gasteiger partial charge on any atom is 0.325 e. The van der Waals surface area contributed by atoms with Gasteiger partial charge in [-0.3, -0.25) is 9.69 Å². The summed E-state index contributed by atoms with van der Waals surface area (Å²) >= 11 is 0. The molecule has 21 heavy (non-hydrogen) atoms. The lowest BCUT2D eigenvalue weighted by atomic mass is 9.62. The van der Waals surface area contributed by atoms with Crippen molar-refractivity contribution in [2.75, 3.05) is 20.3 Å². The van der Waals surface area contributed by atoms with Gasteiger partial charge in [0.2, 0.25) is 0 Å². The first-order chi connectivity index (χ1) is 10.1. The molecule has 2 aliphatic heterocycles. The number of likely N-dealkylation sites (N-methyl/N-ethyl adjacent to an activating group) is 1. The molecule has 110 valence electrons. The molecule has 5 heteroatoms. The maximum atomic E-state index is 12.9. The van der Waals surface area contributed by atoms with Gasteiger partial charge in [-0.05, 0) is 29.9 Å². The lowest BCUT2D eigenvalue weighted by Gasteiger charge is -2.47. The molecule has 0 bridgehead atoms. The van der Waals surface area contributed by atoms with Crippen LogP contribution in [0.1, 0.15) is 17.5 Å². The molecule has 3 unspecified atom stereocenters. The second-order valence-electron chi connectivity index (χ2n) is 6.19. The number of carbonyl (C=O) groups excluding carboxylic acids is 2. The Hall–Kier alpha value is -1.88. The monoisotopic (exact) mass is 286 g/mol. The van der Waals surface area contributed by atoms with E-state index in [2.05, 4.69) is 11.4 Å². The van der Waals surface area contributed by atoms with Crippen molar-refractivity contribution < 1.29 is 14.3 Å². The number of nitrogens with zero attached hydrogens (tertiary/aromatic N) is 1. The highest BCUT2D eigenvalue weighted by Gasteiger charge is 2.60. The van der Waals surface area contributed by atoms with Gasteiger partial charge in [-0.2, -0.15) is 0 Å².